The van der Waals surface area contributed by atoms with Gasteiger partial charge in [-0.05, 0) is 102 Å². The number of hydrogen-bond donors (Lipinski definition) is 1. The van der Waals surface area contributed by atoms with E-state index < -0.39 is 0 Å². The first-order valence-electron chi connectivity index (χ1n) is 13.8. The van der Waals surface area contributed by atoms with Crippen molar-refractivity contribution in [1.29, 1.82) is 0 Å². The first kappa shape index (κ1) is 25.2. The molecule has 0 unspecified atom stereocenters. The molecule has 5 heteroatoms. The molecule has 1 aromatic carbocycles. The predicted octanol–water partition coefficient (Wildman–Crippen LogP) is 5.68. The van der Waals surface area contributed by atoms with E-state index in [1.807, 2.05) is 31.2 Å². The van der Waals surface area contributed by atoms with Crippen molar-refractivity contribution in [2.75, 3.05) is 0 Å². The third-order valence-corrected chi connectivity index (χ3v) is 10.2. The zero-order chi connectivity index (χ0) is 26.0. The number of hydrogen-bond acceptors (Lipinski definition) is 3. The Morgan fingerprint density at radius 1 is 1.03 bits per heavy atom. The lowest BCUT2D eigenvalue weighted by Crippen LogP contribution is -2.62. The maximum atomic E-state index is 13.6. The maximum Gasteiger partial charge on any atom is 0.261 e. The highest BCUT2D eigenvalue weighted by molar-refractivity contribution is 6.09. The second-order valence-electron chi connectivity index (χ2n) is 13.5. The fourth-order valence-electron chi connectivity index (χ4n) is 8.54. The normalized spacial score (nSPS) is 37.7. The van der Waals surface area contributed by atoms with Crippen LogP contribution in [0.4, 0.5) is 0 Å². The summed E-state index contributed by atoms with van der Waals surface area (Å²) in [6.07, 6.45) is 9.72. The van der Waals surface area contributed by atoms with Crippen LogP contribution in [0.3, 0.4) is 0 Å². The van der Waals surface area contributed by atoms with E-state index in [0.717, 1.165) is 44.1 Å². The van der Waals surface area contributed by atoms with Gasteiger partial charge in [-0.2, -0.15) is 0 Å². The molecular weight excluding hydrogens is 448 g/mol. The average molecular weight is 491 g/mol. The van der Waals surface area contributed by atoms with Crippen LogP contribution in [0, 0.1) is 41.4 Å². The summed E-state index contributed by atoms with van der Waals surface area (Å²) in [6, 6.07) is 7.44. The van der Waals surface area contributed by atoms with Crippen LogP contribution >= 0.6 is 0 Å². The summed E-state index contributed by atoms with van der Waals surface area (Å²) in [5.41, 5.74) is 1.17. The molecule has 36 heavy (non-hydrogen) atoms. The Kier molecular flexibility index (Phi) is 6.00. The summed E-state index contributed by atoms with van der Waals surface area (Å²) in [7, 11) is 0. The highest BCUT2D eigenvalue weighted by atomic mass is 16.2. The van der Waals surface area contributed by atoms with Gasteiger partial charge in [0.25, 0.3) is 11.8 Å². The Morgan fingerprint density at radius 2 is 1.78 bits per heavy atom. The molecule has 1 aromatic rings. The van der Waals surface area contributed by atoms with Crippen molar-refractivity contribution in [2.45, 2.75) is 91.6 Å². The van der Waals surface area contributed by atoms with Crippen molar-refractivity contribution in [3.8, 4) is 0 Å². The monoisotopic (exact) mass is 490 g/mol. The van der Waals surface area contributed by atoms with Gasteiger partial charge in [0.15, 0.2) is 0 Å². The van der Waals surface area contributed by atoms with Gasteiger partial charge in [-0.1, -0.05) is 37.6 Å². The number of rotatable bonds is 2. The first-order chi connectivity index (χ1) is 16.8. The Morgan fingerprint density at radius 3 is 2.47 bits per heavy atom. The molecule has 194 valence electrons. The average Bonchev–Trinajstić information content (AvgIpc) is 3.15. The summed E-state index contributed by atoms with van der Waals surface area (Å²) >= 11 is 0. The van der Waals surface area contributed by atoms with Crippen molar-refractivity contribution < 1.29 is 14.4 Å². The van der Waals surface area contributed by atoms with Crippen LogP contribution in [-0.2, 0) is 9.59 Å². The largest absolute Gasteiger partial charge is 0.351 e. The number of nitrogens with one attached hydrogen (secondary N) is 1. The molecule has 0 aromatic heterocycles. The molecule has 3 aliphatic carbocycles. The van der Waals surface area contributed by atoms with E-state index in [4.69, 9.17) is 0 Å². The lowest BCUT2D eigenvalue weighted by molar-refractivity contribution is -0.141. The number of benzene rings is 1. The van der Waals surface area contributed by atoms with Crippen LogP contribution < -0.4 is 5.32 Å². The van der Waals surface area contributed by atoms with Crippen LogP contribution in [0.5, 0.6) is 0 Å². The van der Waals surface area contributed by atoms with Gasteiger partial charge in [-0.3, -0.25) is 19.3 Å². The minimum absolute atomic E-state index is 0.0188. The number of carbonyl (C=O) groups is 3. The lowest BCUT2D eigenvalue weighted by atomic mass is 9.47. The quantitative estimate of drug-likeness (QED) is 0.543. The van der Waals surface area contributed by atoms with Crippen molar-refractivity contribution in [1.82, 2.24) is 10.2 Å². The number of amides is 3. The topological polar surface area (TPSA) is 66.5 Å². The van der Waals surface area contributed by atoms with E-state index in [0.29, 0.717) is 23.3 Å². The fourth-order valence-corrected chi connectivity index (χ4v) is 8.54. The van der Waals surface area contributed by atoms with Crippen molar-refractivity contribution in [3.05, 3.63) is 47.5 Å². The standard InChI is InChI=1S/C31H42N2O3/c1-19-8-7-9-20(18-19)28(36)33-25-13-10-21-22-11-12-24(27(35)32-29(2,3)4)30(22,5)16-14-23(21)31(25,6)17-15-26(33)34/h7-9,15,17-18,21-25H,10-14,16H2,1-6H3,(H,32,35)/t21-,22-,23-,24+,25+,30-,31+/m0/s1. The smallest absolute Gasteiger partial charge is 0.261 e. The molecule has 0 saturated heterocycles. The van der Waals surface area contributed by atoms with Crippen LogP contribution in [0.1, 0.15) is 89.1 Å². The Labute approximate surface area is 216 Å². The van der Waals surface area contributed by atoms with Gasteiger partial charge in [-0.15, -0.1) is 0 Å². The van der Waals surface area contributed by atoms with Gasteiger partial charge in [0.05, 0.1) is 0 Å². The molecule has 1 aliphatic heterocycles. The van der Waals surface area contributed by atoms with Crippen molar-refractivity contribution in [3.63, 3.8) is 0 Å². The van der Waals surface area contributed by atoms with Gasteiger partial charge in [-0.25, -0.2) is 0 Å². The van der Waals surface area contributed by atoms with E-state index in [1.54, 1.807) is 11.0 Å². The highest BCUT2D eigenvalue weighted by Crippen LogP contribution is 2.65. The highest BCUT2D eigenvalue weighted by Gasteiger charge is 2.62. The van der Waals surface area contributed by atoms with Crippen LogP contribution in [0.2, 0.25) is 0 Å². The van der Waals surface area contributed by atoms with E-state index in [9.17, 15) is 14.4 Å². The molecule has 7 atom stereocenters. The Hall–Kier alpha value is -2.43. The molecule has 0 bridgehead atoms. The third-order valence-electron chi connectivity index (χ3n) is 10.2. The molecule has 3 fully saturated rings. The SMILES string of the molecule is Cc1cccc(C(=O)N2C(=O)C=C[C@]3(C)[C@H]4CC[C@]5(C)[C@@H](C(=O)NC(C)(C)C)CC[C@H]5[C@@H]4CC[C@@H]23)c1. The number of fused-ring (bicyclic) bond motifs is 5. The minimum Gasteiger partial charge on any atom is -0.351 e. The summed E-state index contributed by atoms with van der Waals surface area (Å²) < 4.78 is 0. The Balaban J connectivity index is 1.42. The van der Waals surface area contributed by atoms with Crippen LogP contribution in [0.25, 0.3) is 0 Å². The van der Waals surface area contributed by atoms with Gasteiger partial charge < -0.3 is 5.32 Å². The second-order valence-corrected chi connectivity index (χ2v) is 13.5. The van der Waals surface area contributed by atoms with Gasteiger partial charge in [0, 0.05) is 34.6 Å². The third kappa shape index (κ3) is 3.94. The fraction of sp³-hybridized carbons (Fsp3) is 0.645. The van der Waals surface area contributed by atoms with Gasteiger partial charge in [0.1, 0.15) is 0 Å². The summed E-state index contributed by atoms with van der Waals surface area (Å²) in [5.74, 6) is 1.35. The molecule has 3 amide bonds. The Bertz CT molecular complexity index is 1120. The second kappa shape index (κ2) is 8.56. The maximum absolute atomic E-state index is 13.6. The lowest BCUT2D eigenvalue weighted by Gasteiger charge is -2.60. The van der Waals surface area contributed by atoms with Gasteiger partial charge >= 0.3 is 0 Å². The molecule has 1 heterocycles. The first-order valence-corrected chi connectivity index (χ1v) is 13.8. The predicted molar refractivity (Wildman–Crippen MR) is 141 cm³/mol. The van der Waals surface area contributed by atoms with Crippen molar-refractivity contribution >= 4 is 17.7 Å². The summed E-state index contributed by atoms with van der Waals surface area (Å²) in [5, 5.41) is 3.25. The molecule has 5 rings (SSSR count). The number of aryl methyl sites for hydroxylation is 1. The van der Waals surface area contributed by atoms with Crippen LogP contribution in [0.15, 0.2) is 36.4 Å². The van der Waals surface area contributed by atoms with E-state index >= 15 is 0 Å². The van der Waals surface area contributed by atoms with E-state index in [2.05, 4.69) is 46.0 Å². The molecule has 0 radical (unpaired) electrons. The molecule has 0 spiro atoms. The number of nitrogens with zero attached hydrogens (tertiary/aromatic N) is 1. The molecule has 4 aliphatic rings. The van der Waals surface area contributed by atoms with Gasteiger partial charge in [0.2, 0.25) is 5.91 Å². The zero-order valence-corrected chi connectivity index (χ0v) is 22.8. The summed E-state index contributed by atoms with van der Waals surface area (Å²) in [6.45, 7) is 12.8. The molecule has 5 nitrogen and oxygen atoms in total. The molecule has 3 saturated carbocycles. The van der Waals surface area contributed by atoms with Crippen LogP contribution in [-0.4, -0.2) is 34.2 Å². The van der Waals surface area contributed by atoms with E-state index in [1.165, 1.54) is 0 Å². The molecular formula is C31H42N2O3. The van der Waals surface area contributed by atoms with E-state index in [-0.39, 0.29) is 46.1 Å². The zero-order valence-electron chi connectivity index (χ0n) is 22.8. The number of carbonyl (C=O) groups excluding carboxylic acids is 3. The minimum atomic E-state index is -0.233. The summed E-state index contributed by atoms with van der Waals surface area (Å²) in [4.78, 5) is 41.5. The molecule has 1 N–H and O–H groups in total. The van der Waals surface area contributed by atoms with Crippen molar-refractivity contribution in [2.24, 2.45) is 34.5 Å². The number of imide groups is 1.